The summed E-state index contributed by atoms with van der Waals surface area (Å²) in [4.78, 5) is 27.1. The smallest absolute Gasteiger partial charge is 0.293 e. The number of hydrogen-bond acceptors (Lipinski definition) is 7. The molecule has 0 aromatic heterocycles. The van der Waals surface area contributed by atoms with Gasteiger partial charge in [-0.15, -0.1) is 0 Å². The van der Waals surface area contributed by atoms with Gasteiger partial charge in [0.1, 0.15) is 23.9 Å². The number of carbonyl (C=O) groups is 1. The summed E-state index contributed by atoms with van der Waals surface area (Å²) in [5, 5.41) is 22.5. The summed E-state index contributed by atoms with van der Waals surface area (Å²) < 4.78 is 6.11. The van der Waals surface area contributed by atoms with Crippen LogP contribution in [0, 0.1) is 47.6 Å². The lowest BCUT2D eigenvalue weighted by Gasteiger charge is -2.43. The van der Waals surface area contributed by atoms with Gasteiger partial charge in [0.25, 0.3) is 5.69 Å². The quantitative estimate of drug-likeness (QED) is 0.252. The van der Waals surface area contributed by atoms with Crippen LogP contribution in [0.25, 0.3) is 0 Å². The fourth-order valence-electron chi connectivity index (χ4n) is 6.11. The van der Waals surface area contributed by atoms with Crippen LogP contribution in [0.2, 0.25) is 0 Å². The van der Waals surface area contributed by atoms with Gasteiger partial charge in [-0.25, -0.2) is 0 Å². The molecular formula is C34H34N4O4. The summed E-state index contributed by atoms with van der Waals surface area (Å²) >= 11 is 0. The molecular weight excluding hydrogens is 528 g/mol. The standard InChI is InChI=1S/C34H34N4O4/c1-20-10-12-24(13-11-20)42-19-23-14-21(2)15-25(22(23)3)31-26(18-35)33(36)37(27-8-6-7-9-28(27)38(40)41)29-16-34(4,5)17-30(39)32(29)31/h6-15,31H,16-17,19,36H2,1-5H3. The second kappa shape index (κ2) is 10.8. The number of ether oxygens (including phenoxy) is 1. The van der Waals surface area contributed by atoms with Crippen molar-refractivity contribution in [1.82, 2.24) is 0 Å². The molecule has 0 saturated carbocycles. The minimum absolute atomic E-state index is 0.0894. The fraction of sp³-hybridized carbons (Fsp3) is 0.294. The zero-order valence-corrected chi connectivity index (χ0v) is 24.5. The molecule has 8 heteroatoms. The van der Waals surface area contributed by atoms with Crippen molar-refractivity contribution in [1.29, 1.82) is 5.26 Å². The Morgan fingerprint density at radius 2 is 1.76 bits per heavy atom. The molecule has 1 atom stereocenters. The number of Topliss-reactive ketones (excluding diaryl/α,β-unsaturated/α-hetero) is 1. The van der Waals surface area contributed by atoms with Crippen molar-refractivity contribution >= 4 is 17.2 Å². The number of nitrogens with two attached hydrogens (primary N) is 1. The first-order chi connectivity index (χ1) is 19.9. The van der Waals surface area contributed by atoms with Crippen molar-refractivity contribution in [2.75, 3.05) is 4.90 Å². The van der Waals surface area contributed by atoms with Crippen LogP contribution >= 0.6 is 0 Å². The van der Waals surface area contributed by atoms with Gasteiger partial charge < -0.3 is 10.5 Å². The maximum absolute atomic E-state index is 14.0. The SMILES string of the molecule is Cc1ccc(OCc2cc(C)cc(C3C(C#N)=C(N)N(c4ccccc4[N+](=O)[O-])C4=C3C(=O)CC(C)(C)C4)c2C)cc1. The van der Waals surface area contributed by atoms with Crippen LogP contribution in [0.4, 0.5) is 11.4 Å². The number of nitrogens with zero attached hydrogens (tertiary/aromatic N) is 3. The summed E-state index contributed by atoms with van der Waals surface area (Å²) in [6.45, 7) is 10.3. The van der Waals surface area contributed by atoms with E-state index >= 15 is 0 Å². The van der Waals surface area contributed by atoms with Gasteiger partial charge in [0, 0.05) is 23.8 Å². The number of ketones is 1. The molecule has 1 aliphatic carbocycles. The molecule has 8 nitrogen and oxygen atoms in total. The summed E-state index contributed by atoms with van der Waals surface area (Å²) in [5.74, 6) is 0.0517. The highest BCUT2D eigenvalue weighted by Crippen LogP contribution is 2.52. The number of nitro groups is 1. The Kier molecular flexibility index (Phi) is 7.38. The number of rotatable bonds is 6. The average Bonchev–Trinajstić information content (AvgIpc) is 2.93. The first kappa shape index (κ1) is 28.6. The molecule has 3 aromatic rings. The van der Waals surface area contributed by atoms with Crippen molar-refractivity contribution in [3.63, 3.8) is 0 Å². The molecule has 0 bridgehead atoms. The third kappa shape index (κ3) is 5.14. The number of hydrogen-bond donors (Lipinski definition) is 1. The van der Waals surface area contributed by atoms with Crippen LogP contribution < -0.4 is 15.4 Å². The van der Waals surface area contributed by atoms with E-state index in [2.05, 4.69) is 12.1 Å². The molecule has 2 aliphatic rings. The topological polar surface area (TPSA) is 122 Å². The van der Waals surface area contributed by atoms with Gasteiger partial charge in [-0.1, -0.05) is 61.4 Å². The highest BCUT2D eigenvalue weighted by Gasteiger charge is 2.46. The van der Waals surface area contributed by atoms with Crippen LogP contribution in [0.15, 0.2) is 83.3 Å². The van der Waals surface area contributed by atoms with Crippen molar-refractivity contribution < 1.29 is 14.5 Å². The molecule has 0 amide bonds. The lowest BCUT2D eigenvalue weighted by atomic mass is 9.68. The summed E-state index contributed by atoms with van der Waals surface area (Å²) in [7, 11) is 0. The first-order valence-electron chi connectivity index (χ1n) is 13.9. The maximum Gasteiger partial charge on any atom is 0.293 e. The molecule has 3 aromatic carbocycles. The molecule has 1 aliphatic heterocycles. The van der Waals surface area contributed by atoms with Crippen molar-refractivity contribution in [3.8, 4) is 11.8 Å². The van der Waals surface area contributed by atoms with Crippen LogP contribution in [0.5, 0.6) is 5.75 Å². The van der Waals surface area contributed by atoms with Gasteiger partial charge in [-0.2, -0.15) is 5.26 Å². The van der Waals surface area contributed by atoms with Gasteiger partial charge in [-0.3, -0.25) is 19.8 Å². The van der Waals surface area contributed by atoms with Crippen LogP contribution in [0.3, 0.4) is 0 Å². The van der Waals surface area contributed by atoms with E-state index in [0.717, 1.165) is 33.6 Å². The van der Waals surface area contributed by atoms with E-state index < -0.39 is 16.3 Å². The van der Waals surface area contributed by atoms with E-state index in [9.17, 15) is 20.2 Å². The molecule has 1 heterocycles. The van der Waals surface area contributed by atoms with E-state index in [1.54, 1.807) is 23.1 Å². The number of para-hydroxylation sites is 2. The molecule has 214 valence electrons. The number of benzene rings is 3. The second-order valence-electron chi connectivity index (χ2n) is 12.0. The highest BCUT2D eigenvalue weighted by atomic mass is 16.6. The lowest BCUT2D eigenvalue weighted by Crippen LogP contribution is -2.42. The Hall–Kier alpha value is -4.90. The third-order valence-electron chi connectivity index (χ3n) is 8.13. The summed E-state index contributed by atoms with van der Waals surface area (Å²) in [6, 6.07) is 20.5. The van der Waals surface area contributed by atoms with E-state index in [1.165, 1.54) is 6.07 Å². The highest BCUT2D eigenvalue weighted by molar-refractivity contribution is 6.02. The summed E-state index contributed by atoms with van der Waals surface area (Å²) in [5.41, 5.74) is 12.5. The van der Waals surface area contributed by atoms with Crippen LogP contribution in [-0.2, 0) is 11.4 Å². The maximum atomic E-state index is 14.0. The van der Waals surface area contributed by atoms with E-state index in [4.69, 9.17) is 10.5 Å². The number of nitriles is 1. The normalized spacial score (nSPS) is 18.0. The third-order valence-corrected chi connectivity index (χ3v) is 8.13. The van der Waals surface area contributed by atoms with E-state index in [0.29, 0.717) is 30.7 Å². The molecule has 1 unspecified atom stereocenters. The Morgan fingerprint density at radius 3 is 2.43 bits per heavy atom. The van der Waals surface area contributed by atoms with Gasteiger partial charge in [-0.05, 0) is 67.5 Å². The Morgan fingerprint density at radius 1 is 1.07 bits per heavy atom. The van der Waals surface area contributed by atoms with Gasteiger partial charge >= 0.3 is 0 Å². The van der Waals surface area contributed by atoms with Gasteiger partial charge in [0.15, 0.2) is 5.78 Å². The van der Waals surface area contributed by atoms with Crippen LogP contribution in [-0.4, -0.2) is 10.7 Å². The largest absolute Gasteiger partial charge is 0.489 e. The molecule has 42 heavy (non-hydrogen) atoms. The Balaban J connectivity index is 1.70. The monoisotopic (exact) mass is 562 g/mol. The lowest BCUT2D eigenvalue weighted by molar-refractivity contribution is -0.384. The molecule has 5 rings (SSSR count). The summed E-state index contributed by atoms with van der Waals surface area (Å²) in [6.07, 6.45) is 0.754. The van der Waals surface area contributed by atoms with E-state index in [-0.39, 0.29) is 28.6 Å². The van der Waals surface area contributed by atoms with Crippen LogP contribution in [0.1, 0.15) is 60.4 Å². The minimum Gasteiger partial charge on any atom is -0.489 e. The Bertz CT molecular complexity index is 1710. The predicted molar refractivity (Wildman–Crippen MR) is 162 cm³/mol. The average molecular weight is 563 g/mol. The number of allylic oxidation sites excluding steroid dienone is 3. The fourth-order valence-corrected chi connectivity index (χ4v) is 6.11. The van der Waals surface area contributed by atoms with Gasteiger partial charge in [0.2, 0.25) is 0 Å². The van der Waals surface area contributed by atoms with Crippen molar-refractivity contribution in [3.05, 3.63) is 121 Å². The Labute approximate surface area is 245 Å². The van der Waals surface area contributed by atoms with Crippen molar-refractivity contribution in [2.24, 2.45) is 11.1 Å². The molecule has 0 fully saturated rings. The predicted octanol–water partition coefficient (Wildman–Crippen LogP) is 7.04. The number of anilines is 1. The first-order valence-corrected chi connectivity index (χ1v) is 13.9. The molecule has 0 radical (unpaired) electrons. The molecule has 0 spiro atoms. The number of carbonyl (C=O) groups excluding carboxylic acids is 1. The second-order valence-corrected chi connectivity index (χ2v) is 12.0. The molecule has 0 saturated heterocycles. The number of nitro benzene ring substituents is 1. The van der Waals surface area contributed by atoms with E-state index in [1.807, 2.05) is 65.0 Å². The minimum atomic E-state index is -0.703. The number of aryl methyl sites for hydroxylation is 2. The zero-order valence-electron chi connectivity index (χ0n) is 24.5. The molecule has 2 N–H and O–H groups in total. The van der Waals surface area contributed by atoms with Crippen molar-refractivity contribution in [2.45, 2.75) is 60.0 Å². The zero-order chi connectivity index (χ0) is 30.3. The van der Waals surface area contributed by atoms with Gasteiger partial charge in [0.05, 0.1) is 22.5 Å².